The van der Waals surface area contributed by atoms with E-state index in [1.54, 1.807) is 35.1 Å². The number of methoxy groups -OCH3 is 1. The van der Waals surface area contributed by atoms with Gasteiger partial charge in [-0.3, -0.25) is 4.79 Å². The number of hydrogen-bond acceptors (Lipinski definition) is 4. The maximum Gasteiger partial charge on any atom is 0.257 e. The number of H-pyrrole nitrogens is 1. The van der Waals surface area contributed by atoms with E-state index in [9.17, 15) is 17.6 Å². The Balaban J connectivity index is 2.08. The lowest BCUT2D eigenvalue weighted by molar-refractivity contribution is -0.654. The third-order valence-corrected chi connectivity index (χ3v) is 5.29. The first-order valence-electron chi connectivity index (χ1n) is 8.71. The second-order valence-corrected chi connectivity index (χ2v) is 9.02. The Labute approximate surface area is 188 Å². The zero-order chi connectivity index (χ0) is 22.8. The molecule has 0 radical (unpaired) electrons. The molecule has 0 saturated heterocycles. The minimum Gasteiger partial charge on any atom is -0.495 e. The van der Waals surface area contributed by atoms with Crippen molar-refractivity contribution in [2.45, 2.75) is 0 Å². The van der Waals surface area contributed by atoms with Crippen LogP contribution in [0.5, 0.6) is 5.75 Å². The number of ether oxygens (including phenoxy) is 1. The van der Waals surface area contributed by atoms with E-state index in [0.717, 1.165) is 12.3 Å². The standard InChI is InChI=1S/C20H16Cl2FN3O4S/c1-30-18-7-5-14(10-16(18)22)26-11-13(4-8-19(27)25-31(2,28)29)20(24-26)12-3-6-15(21)17(23)9-12/h3-11H,1-2H3,(H,25,27)/p+1/b8-4+. The highest BCUT2D eigenvalue weighted by molar-refractivity contribution is 7.89. The molecule has 1 amide bonds. The molecule has 1 aromatic heterocycles. The number of carbonyl (C=O) groups excluding carboxylic acids is 1. The zero-order valence-electron chi connectivity index (χ0n) is 16.3. The summed E-state index contributed by atoms with van der Waals surface area (Å²) >= 11 is 12.0. The van der Waals surface area contributed by atoms with E-state index in [-0.39, 0.29) is 5.02 Å². The molecule has 2 N–H and O–H groups in total. The van der Waals surface area contributed by atoms with Crippen molar-refractivity contribution in [3.8, 4) is 22.7 Å². The van der Waals surface area contributed by atoms with Gasteiger partial charge in [-0.15, -0.1) is 0 Å². The molecule has 7 nitrogen and oxygen atoms in total. The number of carbonyl (C=O) groups is 1. The molecule has 2 aromatic carbocycles. The third-order valence-electron chi connectivity index (χ3n) is 4.11. The van der Waals surface area contributed by atoms with Gasteiger partial charge in [-0.05, 0) is 24.3 Å². The van der Waals surface area contributed by atoms with Gasteiger partial charge in [0.25, 0.3) is 5.91 Å². The summed E-state index contributed by atoms with van der Waals surface area (Å²) < 4.78 is 45.1. The van der Waals surface area contributed by atoms with Gasteiger partial charge in [0.1, 0.15) is 17.3 Å². The average molecular weight is 485 g/mol. The fraction of sp³-hybridized carbons (Fsp3) is 0.100. The van der Waals surface area contributed by atoms with Gasteiger partial charge in [0.2, 0.25) is 21.9 Å². The highest BCUT2D eigenvalue weighted by atomic mass is 35.5. The molecule has 3 aromatic rings. The molecule has 0 bridgehead atoms. The van der Waals surface area contributed by atoms with Crippen LogP contribution in [0.1, 0.15) is 5.56 Å². The van der Waals surface area contributed by atoms with Gasteiger partial charge >= 0.3 is 0 Å². The van der Waals surface area contributed by atoms with Crippen molar-refractivity contribution in [3.63, 3.8) is 0 Å². The molecule has 0 saturated carbocycles. The fourth-order valence-corrected chi connectivity index (χ4v) is 3.56. The lowest BCUT2D eigenvalue weighted by Crippen LogP contribution is -2.31. The molecule has 1 heterocycles. The molecule has 0 aliphatic rings. The van der Waals surface area contributed by atoms with E-state index >= 15 is 0 Å². The monoisotopic (exact) mass is 484 g/mol. The maximum atomic E-state index is 14.0. The van der Waals surface area contributed by atoms with Crippen molar-refractivity contribution in [3.05, 3.63) is 70.1 Å². The smallest absolute Gasteiger partial charge is 0.257 e. The van der Waals surface area contributed by atoms with E-state index in [1.807, 2.05) is 4.72 Å². The Bertz CT molecular complexity index is 1290. The van der Waals surface area contributed by atoms with Crippen LogP contribution >= 0.6 is 23.2 Å². The third kappa shape index (κ3) is 5.63. The lowest BCUT2D eigenvalue weighted by atomic mass is 10.1. The topological polar surface area (TPSA) is 92.1 Å². The molecule has 0 unspecified atom stereocenters. The van der Waals surface area contributed by atoms with Gasteiger partial charge < -0.3 is 4.74 Å². The Hall–Kier alpha value is -2.88. The lowest BCUT2D eigenvalue weighted by Gasteiger charge is -2.01. The summed E-state index contributed by atoms with van der Waals surface area (Å²) in [5.41, 5.74) is 2.05. The first kappa shape index (κ1) is 22.8. The number of halogens is 3. The fourth-order valence-electron chi connectivity index (χ4n) is 2.76. The molecule has 0 atom stereocenters. The number of amides is 1. The Morgan fingerprint density at radius 1 is 1.19 bits per heavy atom. The molecule has 0 aliphatic heterocycles. The average Bonchev–Trinajstić information content (AvgIpc) is 3.11. The number of aromatic amines is 1. The second kappa shape index (κ2) is 9.09. The highest BCUT2D eigenvalue weighted by Gasteiger charge is 2.19. The van der Waals surface area contributed by atoms with Crippen LogP contribution in [-0.2, 0) is 14.8 Å². The largest absolute Gasteiger partial charge is 0.495 e. The number of nitrogens with zero attached hydrogens (tertiary/aromatic N) is 1. The Kier molecular flexibility index (Phi) is 6.68. The predicted octanol–water partition coefficient (Wildman–Crippen LogP) is 3.50. The minimum absolute atomic E-state index is 0.0326. The first-order valence-corrected chi connectivity index (χ1v) is 11.4. The zero-order valence-corrected chi connectivity index (χ0v) is 18.6. The number of hydrogen-bond donors (Lipinski definition) is 2. The molecule has 162 valence electrons. The van der Waals surface area contributed by atoms with Crippen molar-refractivity contribution >= 4 is 45.2 Å². The van der Waals surface area contributed by atoms with Gasteiger partial charge in [-0.25, -0.2) is 17.5 Å². The molecule has 0 aliphatic carbocycles. The van der Waals surface area contributed by atoms with Gasteiger partial charge in [-0.2, -0.15) is 5.10 Å². The van der Waals surface area contributed by atoms with Gasteiger partial charge in [0, 0.05) is 23.8 Å². The van der Waals surface area contributed by atoms with Crippen molar-refractivity contribution < 1.29 is 27.0 Å². The van der Waals surface area contributed by atoms with Crippen LogP contribution < -0.4 is 14.1 Å². The quantitative estimate of drug-likeness (QED) is 0.413. The molecule has 0 fully saturated rings. The molecule has 11 heteroatoms. The predicted molar refractivity (Wildman–Crippen MR) is 116 cm³/mol. The van der Waals surface area contributed by atoms with Gasteiger partial charge in [-0.1, -0.05) is 34.0 Å². The summed E-state index contributed by atoms with van der Waals surface area (Å²) in [6.07, 6.45) is 4.98. The van der Waals surface area contributed by atoms with Crippen molar-refractivity contribution in [2.75, 3.05) is 13.4 Å². The number of aromatic nitrogens is 2. The molecular weight excluding hydrogens is 468 g/mol. The molecular formula is C20H17Cl2FN3O4S+. The van der Waals surface area contributed by atoms with Gasteiger partial charge in [0.15, 0.2) is 0 Å². The summed E-state index contributed by atoms with van der Waals surface area (Å²) in [5.74, 6) is -0.941. The van der Waals surface area contributed by atoms with Crippen LogP contribution in [0.2, 0.25) is 10.0 Å². The summed E-state index contributed by atoms with van der Waals surface area (Å²) in [6.45, 7) is 0. The summed E-state index contributed by atoms with van der Waals surface area (Å²) in [6, 6.07) is 9.35. The number of rotatable bonds is 6. The van der Waals surface area contributed by atoms with Crippen LogP contribution in [-0.4, -0.2) is 32.8 Å². The Morgan fingerprint density at radius 3 is 2.55 bits per heavy atom. The van der Waals surface area contributed by atoms with Gasteiger partial charge in [0.05, 0.1) is 29.0 Å². The van der Waals surface area contributed by atoms with Crippen LogP contribution in [0.25, 0.3) is 23.0 Å². The molecule has 0 spiro atoms. The van der Waals surface area contributed by atoms with E-state index < -0.39 is 21.7 Å². The van der Waals surface area contributed by atoms with Crippen molar-refractivity contribution in [1.82, 2.24) is 9.82 Å². The summed E-state index contributed by atoms with van der Waals surface area (Å²) in [4.78, 5) is 11.9. The summed E-state index contributed by atoms with van der Waals surface area (Å²) in [7, 11) is -2.20. The van der Waals surface area contributed by atoms with E-state index in [4.69, 9.17) is 27.9 Å². The Morgan fingerprint density at radius 2 is 1.94 bits per heavy atom. The highest BCUT2D eigenvalue weighted by Crippen LogP contribution is 2.28. The van der Waals surface area contributed by atoms with Crippen LogP contribution in [0.15, 0.2) is 48.7 Å². The van der Waals surface area contributed by atoms with Crippen LogP contribution in [0, 0.1) is 5.82 Å². The minimum atomic E-state index is -3.70. The number of sulfonamides is 1. The molecule has 3 rings (SSSR count). The van der Waals surface area contributed by atoms with Crippen molar-refractivity contribution in [1.29, 1.82) is 0 Å². The van der Waals surface area contributed by atoms with Crippen LogP contribution in [0.3, 0.4) is 0 Å². The van der Waals surface area contributed by atoms with E-state index in [1.165, 1.54) is 25.3 Å². The summed E-state index contributed by atoms with van der Waals surface area (Å²) in [5, 5.41) is 3.45. The van der Waals surface area contributed by atoms with Crippen LogP contribution in [0.4, 0.5) is 4.39 Å². The SMILES string of the molecule is COc1ccc(-[n+]2cc(/C=C/C(=O)NS(C)(=O)=O)c(-c3ccc(Cl)c(F)c3)[nH]2)cc1Cl. The van der Waals surface area contributed by atoms with E-state index in [2.05, 4.69) is 5.10 Å². The second-order valence-electron chi connectivity index (χ2n) is 6.46. The number of nitrogens with one attached hydrogen (secondary N) is 2. The molecule has 31 heavy (non-hydrogen) atoms. The maximum absolute atomic E-state index is 14.0. The number of benzene rings is 2. The first-order chi connectivity index (χ1) is 14.6. The van der Waals surface area contributed by atoms with E-state index in [0.29, 0.717) is 33.3 Å². The van der Waals surface area contributed by atoms with Crippen molar-refractivity contribution in [2.24, 2.45) is 0 Å². The normalized spacial score (nSPS) is 11.6.